The number of rotatable bonds is 8. The van der Waals surface area contributed by atoms with E-state index in [1.165, 1.54) is 4.57 Å². The molecule has 0 aliphatic carbocycles. The second-order valence-electron chi connectivity index (χ2n) is 11.5. The maximum Gasteiger partial charge on any atom is 0.317 e. The molecule has 222 valence electrons. The van der Waals surface area contributed by atoms with Crippen molar-refractivity contribution in [3.63, 3.8) is 0 Å². The van der Waals surface area contributed by atoms with E-state index in [1.54, 1.807) is 13.0 Å². The molecular weight excluding hydrogens is 534 g/mol. The topological polar surface area (TPSA) is 131 Å². The lowest BCUT2D eigenvalue weighted by Crippen LogP contribution is -2.36. The average Bonchev–Trinajstić information content (AvgIpc) is 3.47. The van der Waals surface area contributed by atoms with Crippen molar-refractivity contribution in [1.82, 2.24) is 14.4 Å². The van der Waals surface area contributed by atoms with Crippen LogP contribution in [0, 0.1) is 20.8 Å². The van der Waals surface area contributed by atoms with Gasteiger partial charge in [-0.2, -0.15) is 0 Å². The van der Waals surface area contributed by atoms with Crippen molar-refractivity contribution >= 4 is 17.3 Å². The molecule has 3 heterocycles. The molecule has 1 aromatic heterocycles. The van der Waals surface area contributed by atoms with Crippen molar-refractivity contribution in [3.05, 3.63) is 74.6 Å². The van der Waals surface area contributed by atoms with Crippen LogP contribution < -0.4 is 5.56 Å². The van der Waals surface area contributed by atoms with Gasteiger partial charge in [0, 0.05) is 12.1 Å². The summed E-state index contributed by atoms with van der Waals surface area (Å²) in [5, 5.41) is 40.4. The predicted molar refractivity (Wildman–Crippen MR) is 161 cm³/mol. The van der Waals surface area contributed by atoms with Gasteiger partial charge in [0.25, 0.3) is 5.56 Å². The second kappa shape index (κ2) is 12.5. The van der Waals surface area contributed by atoms with E-state index in [1.807, 2.05) is 49.1 Å². The van der Waals surface area contributed by atoms with Crippen LogP contribution in [-0.2, 0) is 11.3 Å². The second-order valence-corrected chi connectivity index (χ2v) is 11.5. The highest BCUT2D eigenvalue weighted by Crippen LogP contribution is 2.40. The Bertz CT molecular complexity index is 1570. The minimum absolute atomic E-state index is 0.0123. The van der Waals surface area contributed by atoms with Gasteiger partial charge in [-0.1, -0.05) is 18.2 Å². The largest absolute Gasteiger partial charge is 0.505 e. The Hall–Kier alpha value is -4.02. The summed E-state index contributed by atoms with van der Waals surface area (Å²) < 4.78 is 1.31. The van der Waals surface area contributed by atoms with Crippen molar-refractivity contribution in [1.29, 1.82) is 0 Å². The van der Waals surface area contributed by atoms with Crippen LogP contribution in [0.2, 0.25) is 0 Å². The Kier molecular flexibility index (Phi) is 8.74. The molecule has 2 aliphatic heterocycles. The van der Waals surface area contributed by atoms with Crippen molar-refractivity contribution in [2.75, 3.05) is 32.7 Å². The lowest BCUT2D eigenvalue weighted by molar-refractivity contribution is -0.138. The highest BCUT2D eigenvalue weighted by Gasteiger charge is 2.26. The Morgan fingerprint density at radius 3 is 2.31 bits per heavy atom. The summed E-state index contributed by atoms with van der Waals surface area (Å²) in [5.41, 5.74) is 4.47. The number of carbonyl (C=O) groups is 1. The van der Waals surface area contributed by atoms with E-state index >= 15 is 0 Å². The van der Waals surface area contributed by atoms with Crippen LogP contribution in [0.3, 0.4) is 0 Å². The van der Waals surface area contributed by atoms with Gasteiger partial charge >= 0.3 is 5.97 Å². The molecule has 0 radical (unpaired) electrons. The zero-order valence-electron chi connectivity index (χ0n) is 24.5. The molecule has 3 N–H and O–H groups in total. The van der Waals surface area contributed by atoms with E-state index in [0.29, 0.717) is 36.4 Å². The third-order valence-corrected chi connectivity index (χ3v) is 8.71. The number of para-hydroxylation sites is 1. The normalized spacial score (nSPS) is 16.9. The number of piperidine rings is 1. The first kappa shape index (κ1) is 29.5. The Labute approximate surface area is 245 Å². The quantitative estimate of drug-likeness (QED) is 0.306. The first-order valence-corrected chi connectivity index (χ1v) is 14.6. The molecule has 2 aromatic carbocycles. The molecule has 2 fully saturated rings. The van der Waals surface area contributed by atoms with Gasteiger partial charge in [0.1, 0.15) is 11.4 Å². The maximum absolute atomic E-state index is 13.9. The molecule has 0 bridgehead atoms. The first-order chi connectivity index (χ1) is 20.1. The van der Waals surface area contributed by atoms with E-state index in [2.05, 4.69) is 15.1 Å². The summed E-state index contributed by atoms with van der Waals surface area (Å²) in [6.07, 6.45) is 3.63. The van der Waals surface area contributed by atoms with Crippen LogP contribution in [0.15, 0.2) is 51.4 Å². The molecule has 0 spiro atoms. The van der Waals surface area contributed by atoms with E-state index in [0.717, 1.165) is 55.5 Å². The number of azo groups is 1. The van der Waals surface area contributed by atoms with E-state index in [-0.39, 0.29) is 35.5 Å². The number of phenolic OH excluding ortho intramolecular Hbond substituents is 1. The van der Waals surface area contributed by atoms with Gasteiger partial charge in [-0.15, -0.1) is 10.2 Å². The fourth-order valence-electron chi connectivity index (χ4n) is 6.04. The van der Waals surface area contributed by atoms with E-state index < -0.39 is 11.5 Å². The fraction of sp³-hybridized carbons (Fsp3) is 0.438. The highest BCUT2D eigenvalue weighted by atomic mass is 16.4. The number of aliphatic carboxylic acids is 1. The van der Waals surface area contributed by atoms with Crippen LogP contribution in [0.1, 0.15) is 59.4 Å². The first-order valence-electron chi connectivity index (χ1n) is 14.6. The van der Waals surface area contributed by atoms with Gasteiger partial charge in [-0.25, -0.2) is 4.57 Å². The number of likely N-dealkylation sites (tertiary alicyclic amines) is 2. The van der Waals surface area contributed by atoms with Gasteiger partial charge in [0.05, 0.1) is 12.2 Å². The molecule has 0 atom stereocenters. The minimum atomic E-state index is -0.844. The zero-order chi connectivity index (χ0) is 30.0. The summed E-state index contributed by atoms with van der Waals surface area (Å²) in [6, 6.07) is 10.9. The lowest BCUT2D eigenvalue weighted by Gasteiger charge is -2.31. The third kappa shape index (κ3) is 6.10. The molecule has 10 nitrogen and oxygen atoms in total. The Balaban J connectivity index is 1.51. The Morgan fingerprint density at radius 2 is 1.64 bits per heavy atom. The minimum Gasteiger partial charge on any atom is -0.505 e. The van der Waals surface area contributed by atoms with Crippen LogP contribution in [0.5, 0.6) is 11.6 Å². The van der Waals surface area contributed by atoms with Crippen LogP contribution >= 0.6 is 0 Å². The van der Waals surface area contributed by atoms with Crippen LogP contribution in [-0.4, -0.2) is 68.4 Å². The zero-order valence-corrected chi connectivity index (χ0v) is 24.5. The standard InChI is InChI=1S/C32H39N5O5/c1-20-9-10-24(17-21(20)2)37-31(41)26(18-35-13-4-5-14-35)22(3)29(32(37)42)34-33-27-8-6-7-25(30(27)40)23-11-15-36(16-12-23)19-28(38)39/h6-10,17,23,40-41H,4-5,11-16,18-19H2,1-3H3,(H,38,39). The molecule has 0 saturated carbocycles. The molecule has 10 heteroatoms. The third-order valence-electron chi connectivity index (χ3n) is 8.71. The maximum atomic E-state index is 13.9. The number of aryl methyl sites for hydroxylation is 2. The highest BCUT2D eigenvalue weighted by molar-refractivity contribution is 5.69. The van der Waals surface area contributed by atoms with Gasteiger partial charge in [-0.05, 0) is 119 Å². The number of carboxylic acid groups (broad SMARTS) is 1. The van der Waals surface area contributed by atoms with E-state index in [4.69, 9.17) is 5.11 Å². The number of hydrogen-bond acceptors (Lipinski definition) is 8. The van der Waals surface area contributed by atoms with Crippen LogP contribution in [0.25, 0.3) is 5.69 Å². The van der Waals surface area contributed by atoms with Crippen LogP contribution in [0.4, 0.5) is 11.4 Å². The lowest BCUT2D eigenvalue weighted by atomic mass is 9.88. The molecule has 5 rings (SSSR count). The SMILES string of the molecule is Cc1ccc(-n2c(O)c(CN3CCCC3)c(C)c(N=Nc3cccc(C4CCN(CC(=O)O)CC4)c3O)c2=O)cc1C. The van der Waals surface area contributed by atoms with Gasteiger partial charge in [0.2, 0.25) is 5.88 Å². The molecule has 0 amide bonds. The number of hydrogen-bond donors (Lipinski definition) is 3. The van der Waals surface area contributed by atoms with E-state index in [9.17, 15) is 19.8 Å². The number of aromatic hydroxyl groups is 2. The molecule has 2 saturated heterocycles. The molecule has 3 aromatic rings. The average molecular weight is 574 g/mol. The summed E-state index contributed by atoms with van der Waals surface area (Å²) >= 11 is 0. The summed E-state index contributed by atoms with van der Waals surface area (Å²) in [6.45, 7) is 9.36. The molecular formula is C32H39N5O5. The summed E-state index contributed by atoms with van der Waals surface area (Å²) in [5.74, 6) is -0.857. The monoisotopic (exact) mass is 573 g/mol. The van der Waals surface area contributed by atoms with Gasteiger partial charge < -0.3 is 15.3 Å². The number of phenols is 1. The molecule has 42 heavy (non-hydrogen) atoms. The van der Waals surface area contributed by atoms with Crippen molar-refractivity contribution in [3.8, 4) is 17.3 Å². The molecule has 0 unspecified atom stereocenters. The number of nitrogens with zero attached hydrogens (tertiary/aromatic N) is 5. The number of benzene rings is 2. The predicted octanol–water partition coefficient (Wildman–Crippen LogP) is 5.45. The fourth-order valence-corrected chi connectivity index (χ4v) is 6.04. The van der Waals surface area contributed by atoms with Gasteiger partial charge in [0.15, 0.2) is 5.69 Å². The number of carboxylic acids is 1. The Morgan fingerprint density at radius 1 is 0.929 bits per heavy atom. The molecule has 2 aliphatic rings. The number of pyridine rings is 1. The summed E-state index contributed by atoms with van der Waals surface area (Å²) in [7, 11) is 0. The smallest absolute Gasteiger partial charge is 0.317 e. The number of aromatic nitrogens is 1. The van der Waals surface area contributed by atoms with Crippen molar-refractivity contribution < 1.29 is 20.1 Å². The van der Waals surface area contributed by atoms with Crippen molar-refractivity contribution in [2.24, 2.45) is 10.2 Å². The van der Waals surface area contributed by atoms with Gasteiger partial charge in [-0.3, -0.25) is 19.4 Å². The summed E-state index contributed by atoms with van der Waals surface area (Å²) in [4.78, 5) is 29.1. The van der Waals surface area contributed by atoms with Crippen molar-refractivity contribution in [2.45, 2.75) is 58.9 Å².